The van der Waals surface area contributed by atoms with E-state index in [0.717, 1.165) is 19.4 Å². The van der Waals surface area contributed by atoms with Gasteiger partial charge in [0, 0.05) is 6.21 Å². The van der Waals surface area contributed by atoms with Gasteiger partial charge >= 0.3 is 0 Å². The highest BCUT2D eigenvalue weighted by Crippen LogP contribution is 2.15. The Morgan fingerprint density at radius 2 is 2.00 bits per heavy atom. The predicted molar refractivity (Wildman–Crippen MR) is 48.8 cm³/mol. The summed E-state index contributed by atoms with van der Waals surface area (Å²) in [7, 11) is 0. The van der Waals surface area contributed by atoms with Gasteiger partial charge in [-0.1, -0.05) is 32.9 Å². The van der Waals surface area contributed by atoms with Gasteiger partial charge < -0.3 is 4.84 Å². The van der Waals surface area contributed by atoms with Crippen molar-refractivity contribution in [3.05, 3.63) is 0 Å². The molecule has 0 N–H and O–H groups in total. The van der Waals surface area contributed by atoms with Crippen LogP contribution in [0.4, 0.5) is 0 Å². The lowest BCUT2D eigenvalue weighted by atomic mass is 9.93. The Bertz CT molecular complexity index is 113. The van der Waals surface area contributed by atoms with E-state index in [-0.39, 0.29) is 0 Å². The van der Waals surface area contributed by atoms with Crippen molar-refractivity contribution in [2.24, 2.45) is 10.6 Å². The fourth-order valence-corrected chi connectivity index (χ4v) is 0.508. The van der Waals surface area contributed by atoms with E-state index in [1.54, 1.807) is 0 Å². The maximum absolute atomic E-state index is 4.95. The highest BCUT2D eigenvalue weighted by Gasteiger charge is 2.06. The number of hydrogen-bond donors (Lipinski definition) is 0. The lowest BCUT2D eigenvalue weighted by Gasteiger charge is -2.13. The molecule has 0 rings (SSSR count). The Kier molecular flexibility index (Phi) is 4.92. The maximum atomic E-state index is 4.95. The van der Waals surface area contributed by atoms with Crippen molar-refractivity contribution in [2.45, 2.75) is 40.5 Å². The number of rotatable bonds is 4. The molecule has 0 aliphatic rings. The monoisotopic (exact) mass is 157 g/mol. The second-order valence-corrected chi connectivity index (χ2v) is 3.89. The van der Waals surface area contributed by atoms with Crippen molar-refractivity contribution in [1.82, 2.24) is 0 Å². The average Bonchev–Trinajstić information content (AvgIpc) is 1.85. The minimum Gasteiger partial charge on any atom is -0.396 e. The first-order chi connectivity index (χ1) is 5.06. The van der Waals surface area contributed by atoms with Gasteiger partial charge in [-0.2, -0.15) is 0 Å². The van der Waals surface area contributed by atoms with Crippen molar-refractivity contribution >= 4 is 6.21 Å². The van der Waals surface area contributed by atoms with Gasteiger partial charge in [-0.25, -0.2) is 0 Å². The molecule has 0 aromatic heterocycles. The molecule has 66 valence electrons. The van der Waals surface area contributed by atoms with Gasteiger partial charge in [0.1, 0.15) is 6.61 Å². The van der Waals surface area contributed by atoms with Gasteiger partial charge in [0.2, 0.25) is 0 Å². The van der Waals surface area contributed by atoms with E-state index in [9.17, 15) is 0 Å². The standard InChI is InChI=1S/C9H19NO/c1-5-8-11-10-7-6-9(2,3)4/h7H,5-6,8H2,1-4H3/b10-7-. The summed E-state index contributed by atoms with van der Waals surface area (Å²) >= 11 is 0. The molecular weight excluding hydrogens is 138 g/mol. The van der Waals surface area contributed by atoms with Crippen molar-refractivity contribution in [2.75, 3.05) is 6.61 Å². The molecule has 0 amide bonds. The van der Waals surface area contributed by atoms with Gasteiger partial charge in [-0.15, -0.1) is 0 Å². The average molecular weight is 157 g/mol. The topological polar surface area (TPSA) is 21.6 Å². The molecule has 0 saturated heterocycles. The molecule has 0 aliphatic heterocycles. The first-order valence-corrected chi connectivity index (χ1v) is 4.20. The van der Waals surface area contributed by atoms with Crippen LogP contribution >= 0.6 is 0 Å². The molecule has 2 nitrogen and oxygen atoms in total. The second kappa shape index (κ2) is 5.16. The van der Waals surface area contributed by atoms with Crippen LogP contribution in [0.25, 0.3) is 0 Å². The zero-order chi connectivity index (χ0) is 8.74. The zero-order valence-corrected chi connectivity index (χ0v) is 8.05. The fraction of sp³-hybridized carbons (Fsp3) is 0.889. The van der Waals surface area contributed by atoms with Crippen LogP contribution in [0.1, 0.15) is 40.5 Å². The summed E-state index contributed by atoms with van der Waals surface area (Å²) in [6.45, 7) is 9.33. The molecule has 0 atom stereocenters. The first-order valence-electron chi connectivity index (χ1n) is 4.20. The number of hydrogen-bond acceptors (Lipinski definition) is 2. The maximum Gasteiger partial charge on any atom is 0.116 e. The molecule has 2 heteroatoms. The van der Waals surface area contributed by atoms with E-state index in [1.807, 2.05) is 6.21 Å². The fourth-order valence-electron chi connectivity index (χ4n) is 0.508. The van der Waals surface area contributed by atoms with Crippen LogP contribution in [0.2, 0.25) is 0 Å². The highest BCUT2D eigenvalue weighted by atomic mass is 16.6. The SMILES string of the molecule is CCCO/N=C\CC(C)(C)C. The van der Waals surface area contributed by atoms with Crippen LogP contribution in [0.5, 0.6) is 0 Å². The summed E-state index contributed by atoms with van der Waals surface area (Å²) in [5.41, 5.74) is 0.319. The Balaban J connectivity index is 3.30. The summed E-state index contributed by atoms with van der Waals surface area (Å²) in [4.78, 5) is 4.95. The molecule has 0 aromatic carbocycles. The van der Waals surface area contributed by atoms with Gasteiger partial charge in [0.15, 0.2) is 0 Å². The zero-order valence-electron chi connectivity index (χ0n) is 8.05. The minimum absolute atomic E-state index is 0.319. The quantitative estimate of drug-likeness (QED) is 0.349. The second-order valence-electron chi connectivity index (χ2n) is 3.89. The molecule has 0 heterocycles. The number of nitrogens with zero attached hydrogens (tertiary/aromatic N) is 1. The van der Waals surface area contributed by atoms with Crippen LogP contribution in [-0.4, -0.2) is 12.8 Å². The first kappa shape index (κ1) is 10.5. The van der Waals surface area contributed by atoms with Crippen molar-refractivity contribution in [1.29, 1.82) is 0 Å². The van der Waals surface area contributed by atoms with Gasteiger partial charge in [0.25, 0.3) is 0 Å². The van der Waals surface area contributed by atoms with Crippen LogP contribution in [0.3, 0.4) is 0 Å². The van der Waals surface area contributed by atoms with Gasteiger partial charge in [-0.3, -0.25) is 0 Å². The molecule has 0 unspecified atom stereocenters. The Morgan fingerprint density at radius 3 is 2.45 bits per heavy atom. The van der Waals surface area contributed by atoms with Crippen molar-refractivity contribution in [3.63, 3.8) is 0 Å². The number of oxime groups is 1. The summed E-state index contributed by atoms with van der Waals surface area (Å²) < 4.78 is 0. The third kappa shape index (κ3) is 9.47. The summed E-state index contributed by atoms with van der Waals surface area (Å²) in [5.74, 6) is 0. The Hall–Kier alpha value is -0.530. The van der Waals surface area contributed by atoms with Crippen LogP contribution < -0.4 is 0 Å². The molecule has 0 bridgehead atoms. The molecule has 11 heavy (non-hydrogen) atoms. The van der Waals surface area contributed by atoms with Crippen LogP contribution in [0.15, 0.2) is 5.16 Å². The largest absolute Gasteiger partial charge is 0.396 e. The lowest BCUT2D eigenvalue weighted by Crippen LogP contribution is -2.04. The molecule has 0 saturated carbocycles. The molecular formula is C9H19NO. The Labute approximate surface area is 69.6 Å². The molecule has 0 radical (unpaired) electrons. The Morgan fingerprint density at radius 1 is 1.36 bits per heavy atom. The van der Waals surface area contributed by atoms with Gasteiger partial charge in [0.05, 0.1) is 0 Å². The normalized spacial score (nSPS) is 12.4. The van der Waals surface area contributed by atoms with E-state index in [1.165, 1.54) is 0 Å². The molecule has 0 aliphatic carbocycles. The van der Waals surface area contributed by atoms with Gasteiger partial charge in [-0.05, 0) is 18.3 Å². The summed E-state index contributed by atoms with van der Waals surface area (Å²) in [5, 5.41) is 3.82. The van der Waals surface area contributed by atoms with E-state index in [4.69, 9.17) is 4.84 Å². The van der Waals surface area contributed by atoms with Crippen LogP contribution in [0, 0.1) is 5.41 Å². The third-order valence-electron chi connectivity index (χ3n) is 1.15. The highest BCUT2D eigenvalue weighted by molar-refractivity contribution is 5.57. The predicted octanol–water partition coefficient (Wildman–Crippen LogP) is 2.84. The molecule has 0 fully saturated rings. The summed E-state index contributed by atoms with van der Waals surface area (Å²) in [6, 6.07) is 0. The molecule has 0 spiro atoms. The summed E-state index contributed by atoms with van der Waals surface area (Å²) in [6.07, 6.45) is 3.83. The smallest absolute Gasteiger partial charge is 0.116 e. The van der Waals surface area contributed by atoms with E-state index < -0.39 is 0 Å². The van der Waals surface area contributed by atoms with E-state index in [0.29, 0.717) is 5.41 Å². The third-order valence-corrected chi connectivity index (χ3v) is 1.15. The van der Waals surface area contributed by atoms with E-state index >= 15 is 0 Å². The van der Waals surface area contributed by atoms with Crippen molar-refractivity contribution < 1.29 is 4.84 Å². The van der Waals surface area contributed by atoms with Crippen molar-refractivity contribution in [3.8, 4) is 0 Å². The lowest BCUT2D eigenvalue weighted by molar-refractivity contribution is 0.145. The minimum atomic E-state index is 0.319. The van der Waals surface area contributed by atoms with Crippen LogP contribution in [-0.2, 0) is 4.84 Å². The van der Waals surface area contributed by atoms with E-state index in [2.05, 4.69) is 32.9 Å². The molecule has 0 aromatic rings.